The van der Waals surface area contributed by atoms with Crippen LogP contribution in [0.15, 0.2) is 12.4 Å². The molecular weight excluding hydrogens is 268 g/mol. The van der Waals surface area contributed by atoms with Gasteiger partial charge in [-0.05, 0) is 13.3 Å². The van der Waals surface area contributed by atoms with E-state index >= 15 is 0 Å². The van der Waals surface area contributed by atoms with Crippen LogP contribution in [0, 0.1) is 0 Å². The molecular formula is C15H22N4O2. The maximum absolute atomic E-state index is 12.2. The van der Waals surface area contributed by atoms with Crippen molar-refractivity contribution in [2.75, 3.05) is 19.7 Å². The molecule has 0 radical (unpaired) electrons. The minimum absolute atomic E-state index is 0.0866. The van der Waals surface area contributed by atoms with Crippen molar-refractivity contribution in [3.05, 3.63) is 23.8 Å². The van der Waals surface area contributed by atoms with Crippen LogP contribution in [-0.2, 0) is 11.2 Å². The molecule has 0 aliphatic carbocycles. The Morgan fingerprint density at radius 2 is 2.19 bits per heavy atom. The van der Waals surface area contributed by atoms with Crippen LogP contribution in [0.25, 0.3) is 0 Å². The zero-order valence-electron chi connectivity index (χ0n) is 12.6. The molecule has 3 atom stereocenters. The lowest BCUT2D eigenvalue weighted by atomic mass is 10.1. The highest BCUT2D eigenvalue weighted by atomic mass is 16.5. The predicted molar refractivity (Wildman–Crippen MR) is 78.1 cm³/mol. The van der Waals surface area contributed by atoms with E-state index in [0.717, 1.165) is 38.4 Å². The van der Waals surface area contributed by atoms with Crippen molar-refractivity contribution in [1.29, 1.82) is 0 Å². The Kier molecular flexibility index (Phi) is 4.17. The molecule has 1 aromatic heterocycles. The smallest absolute Gasteiger partial charge is 0.254 e. The van der Waals surface area contributed by atoms with E-state index in [2.05, 4.69) is 27.1 Å². The van der Waals surface area contributed by atoms with Gasteiger partial charge in [0.15, 0.2) is 0 Å². The van der Waals surface area contributed by atoms with Crippen LogP contribution in [0.2, 0.25) is 0 Å². The summed E-state index contributed by atoms with van der Waals surface area (Å²) < 4.78 is 5.68. The molecule has 6 nitrogen and oxygen atoms in total. The van der Waals surface area contributed by atoms with Gasteiger partial charge in [-0.1, -0.05) is 6.92 Å². The second-order valence-corrected chi connectivity index (χ2v) is 5.90. The van der Waals surface area contributed by atoms with Crippen LogP contribution in [-0.4, -0.2) is 58.7 Å². The fourth-order valence-electron chi connectivity index (χ4n) is 3.07. The molecule has 0 aromatic carbocycles. The fraction of sp³-hybridized carbons (Fsp3) is 0.667. The van der Waals surface area contributed by atoms with E-state index in [1.807, 2.05) is 6.92 Å². The zero-order valence-corrected chi connectivity index (χ0v) is 12.6. The summed E-state index contributed by atoms with van der Waals surface area (Å²) in [6.07, 6.45) is 5.22. The third-order valence-corrected chi connectivity index (χ3v) is 4.21. The maximum atomic E-state index is 12.2. The van der Waals surface area contributed by atoms with Crippen molar-refractivity contribution in [2.24, 2.45) is 0 Å². The van der Waals surface area contributed by atoms with Gasteiger partial charge in [0, 0.05) is 44.0 Å². The molecule has 3 rings (SSSR count). The lowest BCUT2D eigenvalue weighted by Gasteiger charge is -2.33. The van der Waals surface area contributed by atoms with E-state index in [1.165, 1.54) is 0 Å². The number of carbonyl (C=O) groups is 1. The summed E-state index contributed by atoms with van der Waals surface area (Å²) in [5, 5.41) is 3.09. The second-order valence-electron chi connectivity index (χ2n) is 5.90. The van der Waals surface area contributed by atoms with Gasteiger partial charge < -0.3 is 10.1 Å². The molecule has 0 saturated carbocycles. The Hall–Kier alpha value is -1.53. The maximum Gasteiger partial charge on any atom is 0.254 e. The van der Waals surface area contributed by atoms with Crippen molar-refractivity contribution < 1.29 is 9.53 Å². The van der Waals surface area contributed by atoms with Crippen molar-refractivity contribution in [3.63, 3.8) is 0 Å². The number of amides is 1. The molecule has 1 N–H and O–H groups in total. The second kappa shape index (κ2) is 6.07. The van der Waals surface area contributed by atoms with Gasteiger partial charge in [0.2, 0.25) is 0 Å². The summed E-state index contributed by atoms with van der Waals surface area (Å²) in [7, 11) is 0. The zero-order chi connectivity index (χ0) is 14.8. The standard InChI is InChI=1S/C15H22N4O2/c1-3-14-16-5-11(6-17-14)15(20)18-12-4-13-9-21-10(2)7-19(13)8-12/h5-6,10,12-13H,3-4,7-9H2,1-2H3,(H,18,20)/t10-,12-,13+/m1/s1. The molecule has 1 aromatic rings. The van der Waals surface area contributed by atoms with Crippen LogP contribution in [0.4, 0.5) is 0 Å². The van der Waals surface area contributed by atoms with Gasteiger partial charge in [-0.3, -0.25) is 9.69 Å². The number of nitrogens with one attached hydrogen (secondary N) is 1. The predicted octanol–water partition coefficient (Wildman–Crippen LogP) is 0.630. The topological polar surface area (TPSA) is 67.3 Å². The van der Waals surface area contributed by atoms with Crippen molar-refractivity contribution in [2.45, 2.75) is 44.9 Å². The molecule has 3 heterocycles. The molecule has 21 heavy (non-hydrogen) atoms. The van der Waals surface area contributed by atoms with Gasteiger partial charge in [0.25, 0.3) is 5.91 Å². The number of rotatable bonds is 3. The van der Waals surface area contributed by atoms with Crippen LogP contribution >= 0.6 is 0 Å². The molecule has 2 saturated heterocycles. The van der Waals surface area contributed by atoms with E-state index in [-0.39, 0.29) is 18.1 Å². The number of carbonyl (C=O) groups excluding carboxylic acids is 1. The Balaban J connectivity index is 1.58. The van der Waals surface area contributed by atoms with E-state index in [9.17, 15) is 4.79 Å². The summed E-state index contributed by atoms with van der Waals surface area (Å²) in [5.74, 6) is 0.673. The number of hydrogen-bond donors (Lipinski definition) is 1. The van der Waals surface area contributed by atoms with Crippen molar-refractivity contribution >= 4 is 5.91 Å². The van der Waals surface area contributed by atoms with Gasteiger partial charge in [0.1, 0.15) is 5.82 Å². The SMILES string of the molecule is CCc1ncc(C(=O)N[C@@H]2C[C@H]3CO[C@H](C)CN3C2)cn1. The highest BCUT2D eigenvalue weighted by Gasteiger charge is 2.36. The van der Waals surface area contributed by atoms with Crippen molar-refractivity contribution in [1.82, 2.24) is 20.2 Å². The number of fused-ring (bicyclic) bond motifs is 1. The molecule has 2 aliphatic rings. The monoisotopic (exact) mass is 290 g/mol. The lowest BCUT2D eigenvalue weighted by Crippen LogP contribution is -2.45. The molecule has 6 heteroatoms. The Bertz CT molecular complexity index is 505. The first-order valence-corrected chi connectivity index (χ1v) is 7.63. The number of aromatic nitrogens is 2. The van der Waals surface area contributed by atoms with E-state index in [0.29, 0.717) is 11.6 Å². The highest BCUT2D eigenvalue weighted by Crippen LogP contribution is 2.23. The minimum Gasteiger partial charge on any atom is -0.376 e. The summed E-state index contributed by atoms with van der Waals surface area (Å²) in [5.41, 5.74) is 0.529. The van der Waals surface area contributed by atoms with Gasteiger partial charge >= 0.3 is 0 Å². The third kappa shape index (κ3) is 3.22. The molecule has 0 unspecified atom stereocenters. The first-order valence-electron chi connectivity index (χ1n) is 7.63. The molecule has 2 fully saturated rings. The number of ether oxygens (including phenoxy) is 1. The number of aryl methyl sites for hydroxylation is 1. The van der Waals surface area contributed by atoms with Crippen LogP contribution in [0.5, 0.6) is 0 Å². The average Bonchev–Trinajstić information content (AvgIpc) is 2.88. The Labute approximate surface area is 124 Å². The molecule has 2 aliphatic heterocycles. The summed E-state index contributed by atoms with van der Waals surface area (Å²) >= 11 is 0. The lowest BCUT2D eigenvalue weighted by molar-refractivity contribution is -0.0390. The Morgan fingerprint density at radius 1 is 1.43 bits per heavy atom. The summed E-state index contributed by atoms with van der Waals surface area (Å²) in [6, 6.07) is 0.618. The van der Waals surface area contributed by atoms with Gasteiger partial charge in [-0.2, -0.15) is 0 Å². The Morgan fingerprint density at radius 3 is 2.90 bits per heavy atom. The van der Waals surface area contributed by atoms with Crippen LogP contribution in [0.3, 0.4) is 0 Å². The first kappa shape index (κ1) is 14.4. The van der Waals surface area contributed by atoms with E-state index in [4.69, 9.17) is 4.74 Å². The number of morpholine rings is 1. The van der Waals surface area contributed by atoms with E-state index in [1.54, 1.807) is 12.4 Å². The summed E-state index contributed by atoms with van der Waals surface area (Å²) in [6.45, 7) is 6.70. The summed E-state index contributed by atoms with van der Waals surface area (Å²) in [4.78, 5) is 23.0. The minimum atomic E-state index is -0.0866. The highest BCUT2D eigenvalue weighted by molar-refractivity contribution is 5.93. The average molecular weight is 290 g/mol. The van der Waals surface area contributed by atoms with Gasteiger partial charge in [0.05, 0.1) is 18.3 Å². The van der Waals surface area contributed by atoms with Gasteiger partial charge in [-0.15, -0.1) is 0 Å². The van der Waals surface area contributed by atoms with Crippen LogP contribution in [0.1, 0.15) is 36.5 Å². The fourth-order valence-corrected chi connectivity index (χ4v) is 3.07. The largest absolute Gasteiger partial charge is 0.376 e. The van der Waals surface area contributed by atoms with Gasteiger partial charge in [-0.25, -0.2) is 9.97 Å². The number of hydrogen-bond acceptors (Lipinski definition) is 5. The molecule has 1 amide bonds. The number of nitrogens with zero attached hydrogens (tertiary/aromatic N) is 3. The normalized spacial score (nSPS) is 29.1. The third-order valence-electron chi connectivity index (χ3n) is 4.21. The first-order chi connectivity index (χ1) is 10.2. The molecule has 0 spiro atoms. The van der Waals surface area contributed by atoms with E-state index < -0.39 is 0 Å². The molecule has 114 valence electrons. The van der Waals surface area contributed by atoms with Crippen molar-refractivity contribution in [3.8, 4) is 0 Å². The molecule has 0 bridgehead atoms. The quantitative estimate of drug-likeness (QED) is 0.884. The van der Waals surface area contributed by atoms with Crippen LogP contribution < -0.4 is 5.32 Å².